The van der Waals surface area contributed by atoms with Crippen molar-refractivity contribution in [1.29, 1.82) is 0 Å². The van der Waals surface area contributed by atoms with Crippen molar-refractivity contribution in [3.8, 4) is 0 Å². The largest absolute Gasteiger partial charge is 0.310 e. The van der Waals surface area contributed by atoms with Crippen molar-refractivity contribution in [2.24, 2.45) is 0 Å². The summed E-state index contributed by atoms with van der Waals surface area (Å²) in [6.07, 6.45) is 0.702. The van der Waals surface area contributed by atoms with Crippen LogP contribution in [0.4, 0.5) is 8.78 Å². The van der Waals surface area contributed by atoms with Crippen molar-refractivity contribution in [2.45, 2.75) is 33.2 Å². The number of benzene rings is 1. The van der Waals surface area contributed by atoms with E-state index in [4.69, 9.17) is 0 Å². The Balaban J connectivity index is 2.82. The highest BCUT2D eigenvalue weighted by Crippen LogP contribution is 2.23. The number of halogens is 2. The van der Waals surface area contributed by atoms with Gasteiger partial charge in [0, 0.05) is 11.6 Å². The van der Waals surface area contributed by atoms with E-state index in [1.54, 1.807) is 0 Å². The van der Waals surface area contributed by atoms with Crippen LogP contribution in [0.25, 0.3) is 0 Å². The smallest absolute Gasteiger partial charge is 0.130 e. The number of nitrogens with one attached hydrogen (secondary N) is 1. The lowest BCUT2D eigenvalue weighted by Crippen LogP contribution is -2.30. The molecular weight excluding hydrogens is 246 g/mol. The van der Waals surface area contributed by atoms with Crippen molar-refractivity contribution in [3.63, 3.8) is 0 Å². The quantitative estimate of drug-likeness (QED) is 0.779. The third-order valence-electron chi connectivity index (χ3n) is 3.43. The predicted octanol–water partition coefficient (Wildman–Crippen LogP) is 3.35. The second-order valence-electron chi connectivity index (χ2n) is 4.56. The van der Waals surface area contributed by atoms with Crippen LogP contribution < -0.4 is 5.32 Å². The fourth-order valence-corrected chi connectivity index (χ4v) is 2.29. The van der Waals surface area contributed by atoms with Gasteiger partial charge in [-0.1, -0.05) is 26.8 Å². The summed E-state index contributed by atoms with van der Waals surface area (Å²) in [6, 6.07) is 3.77. The molecule has 1 aromatic rings. The van der Waals surface area contributed by atoms with Crippen LogP contribution in [0.1, 0.15) is 38.8 Å². The molecule has 0 amide bonds. The first-order chi connectivity index (χ1) is 9.13. The molecule has 0 aliphatic rings. The van der Waals surface area contributed by atoms with E-state index >= 15 is 0 Å². The van der Waals surface area contributed by atoms with Crippen LogP contribution in [-0.4, -0.2) is 31.1 Å². The van der Waals surface area contributed by atoms with Gasteiger partial charge in [-0.15, -0.1) is 0 Å². The molecule has 1 atom stereocenters. The molecule has 0 radical (unpaired) electrons. The van der Waals surface area contributed by atoms with Gasteiger partial charge in [0.25, 0.3) is 0 Å². The van der Waals surface area contributed by atoms with Crippen LogP contribution in [0.15, 0.2) is 18.2 Å². The highest BCUT2D eigenvalue weighted by Gasteiger charge is 2.19. The van der Waals surface area contributed by atoms with Crippen molar-refractivity contribution < 1.29 is 8.78 Å². The summed E-state index contributed by atoms with van der Waals surface area (Å²) >= 11 is 0. The molecule has 0 fully saturated rings. The second-order valence-corrected chi connectivity index (χ2v) is 4.56. The summed E-state index contributed by atoms with van der Waals surface area (Å²) in [4.78, 5) is 2.25. The highest BCUT2D eigenvalue weighted by atomic mass is 19.1. The van der Waals surface area contributed by atoms with Crippen molar-refractivity contribution in [2.75, 3.05) is 26.2 Å². The lowest BCUT2D eigenvalue weighted by Gasteiger charge is -2.24. The third-order valence-corrected chi connectivity index (χ3v) is 3.43. The van der Waals surface area contributed by atoms with Crippen LogP contribution in [0.3, 0.4) is 0 Å². The van der Waals surface area contributed by atoms with Gasteiger partial charge >= 0.3 is 0 Å². The highest BCUT2D eigenvalue weighted by molar-refractivity contribution is 5.23. The van der Waals surface area contributed by atoms with Gasteiger partial charge in [-0.25, -0.2) is 8.78 Å². The van der Waals surface area contributed by atoms with Gasteiger partial charge in [0.15, 0.2) is 0 Å². The van der Waals surface area contributed by atoms with Gasteiger partial charge in [0.2, 0.25) is 0 Å². The molecule has 1 N–H and O–H groups in total. The summed E-state index contributed by atoms with van der Waals surface area (Å²) in [5, 5.41) is 3.18. The summed E-state index contributed by atoms with van der Waals surface area (Å²) < 4.78 is 27.6. The van der Waals surface area contributed by atoms with Gasteiger partial charge in [0.1, 0.15) is 11.6 Å². The minimum Gasteiger partial charge on any atom is -0.310 e. The van der Waals surface area contributed by atoms with E-state index in [0.717, 1.165) is 19.6 Å². The van der Waals surface area contributed by atoms with Crippen LogP contribution >= 0.6 is 0 Å². The fourth-order valence-electron chi connectivity index (χ4n) is 2.29. The maximum atomic E-state index is 13.8. The molecule has 0 heterocycles. The van der Waals surface area contributed by atoms with Gasteiger partial charge in [-0.3, -0.25) is 0 Å². The SMILES string of the molecule is CCNC(CCN(CC)CC)c1c(F)cccc1F. The third kappa shape index (κ3) is 4.55. The molecule has 1 unspecified atom stereocenters. The fraction of sp³-hybridized carbons (Fsp3) is 0.600. The van der Waals surface area contributed by atoms with Crippen molar-refractivity contribution in [3.05, 3.63) is 35.4 Å². The second kappa shape index (κ2) is 8.23. The van der Waals surface area contributed by atoms with Crippen molar-refractivity contribution in [1.82, 2.24) is 10.2 Å². The first-order valence-electron chi connectivity index (χ1n) is 7.03. The van der Waals surface area contributed by atoms with Crippen LogP contribution in [0.2, 0.25) is 0 Å². The van der Waals surface area contributed by atoms with E-state index in [-0.39, 0.29) is 11.6 Å². The molecular formula is C15H24F2N2. The Labute approximate surface area is 114 Å². The number of hydrogen-bond acceptors (Lipinski definition) is 2. The van der Waals surface area contributed by atoms with Crippen LogP contribution in [0, 0.1) is 11.6 Å². The zero-order valence-electron chi connectivity index (χ0n) is 12.0. The normalized spacial score (nSPS) is 12.9. The molecule has 1 rings (SSSR count). The zero-order chi connectivity index (χ0) is 14.3. The Morgan fingerprint density at radius 3 is 2.16 bits per heavy atom. The van der Waals surface area contributed by atoms with E-state index in [9.17, 15) is 8.78 Å². The lowest BCUT2D eigenvalue weighted by atomic mass is 10.0. The summed E-state index contributed by atoms with van der Waals surface area (Å²) in [6.45, 7) is 9.56. The molecule has 0 aromatic heterocycles. The maximum Gasteiger partial charge on any atom is 0.130 e. The minimum atomic E-state index is -0.467. The number of rotatable bonds is 8. The Hall–Kier alpha value is -1.00. The van der Waals surface area contributed by atoms with Gasteiger partial charge in [-0.2, -0.15) is 0 Å². The summed E-state index contributed by atoms with van der Waals surface area (Å²) in [7, 11) is 0. The number of hydrogen-bond donors (Lipinski definition) is 1. The van der Waals surface area contributed by atoms with Crippen LogP contribution in [0.5, 0.6) is 0 Å². The standard InChI is InChI=1S/C15H24F2N2/c1-4-18-14(10-11-19(5-2)6-3)15-12(16)8-7-9-13(15)17/h7-9,14,18H,4-6,10-11H2,1-3H3. The van der Waals surface area contributed by atoms with E-state index in [1.165, 1.54) is 18.2 Å². The minimum absolute atomic E-state index is 0.163. The molecule has 0 aliphatic heterocycles. The average Bonchev–Trinajstić information content (AvgIpc) is 2.39. The molecule has 1 aromatic carbocycles. The monoisotopic (exact) mass is 270 g/mol. The van der Waals surface area contributed by atoms with Crippen LogP contribution in [-0.2, 0) is 0 Å². The van der Waals surface area contributed by atoms with E-state index in [1.807, 2.05) is 6.92 Å². The Morgan fingerprint density at radius 1 is 1.11 bits per heavy atom. The molecule has 0 aliphatic carbocycles. The van der Waals surface area contributed by atoms with Gasteiger partial charge in [0.05, 0.1) is 0 Å². The topological polar surface area (TPSA) is 15.3 Å². The first kappa shape index (κ1) is 16.1. The molecule has 0 saturated carbocycles. The zero-order valence-corrected chi connectivity index (χ0v) is 12.0. The Kier molecular flexibility index (Phi) is 6.95. The van der Waals surface area contributed by atoms with E-state index in [0.29, 0.717) is 13.0 Å². The Morgan fingerprint density at radius 2 is 1.68 bits per heavy atom. The molecule has 0 bridgehead atoms. The molecule has 108 valence electrons. The van der Waals surface area contributed by atoms with Gasteiger partial charge < -0.3 is 10.2 Å². The molecule has 4 heteroatoms. The molecule has 2 nitrogen and oxygen atoms in total. The van der Waals surface area contributed by atoms with Gasteiger partial charge in [-0.05, 0) is 44.7 Å². The summed E-state index contributed by atoms with van der Waals surface area (Å²) in [5.41, 5.74) is 0.163. The Bertz CT molecular complexity index is 358. The molecule has 19 heavy (non-hydrogen) atoms. The maximum absolute atomic E-state index is 13.8. The first-order valence-corrected chi connectivity index (χ1v) is 7.03. The predicted molar refractivity (Wildman–Crippen MR) is 75.2 cm³/mol. The number of nitrogens with zero attached hydrogens (tertiary/aromatic N) is 1. The molecule has 0 saturated heterocycles. The molecule has 0 spiro atoms. The van der Waals surface area contributed by atoms with Crippen molar-refractivity contribution >= 4 is 0 Å². The van der Waals surface area contributed by atoms with E-state index in [2.05, 4.69) is 24.1 Å². The lowest BCUT2D eigenvalue weighted by molar-refractivity contribution is 0.279. The average molecular weight is 270 g/mol. The van der Waals surface area contributed by atoms with E-state index < -0.39 is 11.6 Å². The summed E-state index contributed by atoms with van der Waals surface area (Å²) in [5.74, 6) is -0.934.